The van der Waals surface area contributed by atoms with Gasteiger partial charge in [0, 0.05) is 0 Å². The van der Waals surface area contributed by atoms with Crippen molar-refractivity contribution in [2.45, 2.75) is 5.60 Å². The summed E-state index contributed by atoms with van der Waals surface area (Å²) in [5.41, 5.74) is -1.19. The number of carbonyl (C=O) groups excluding carboxylic acids is 1. The number of benzene rings is 1. The third-order valence-electron chi connectivity index (χ3n) is 2.28. The molecule has 76 valence electrons. The van der Waals surface area contributed by atoms with Crippen LogP contribution in [0.25, 0.3) is 0 Å². The standard InChI is InChI=1S/C12H10O3/c13-9-12(14,11-7-4-8-15-11)10-5-2-1-3-6-10/h1-9,14H. The summed E-state index contributed by atoms with van der Waals surface area (Å²) >= 11 is 0. The maximum atomic E-state index is 11.0. The van der Waals surface area contributed by atoms with Gasteiger partial charge >= 0.3 is 0 Å². The Morgan fingerprint density at radius 1 is 1.13 bits per heavy atom. The van der Waals surface area contributed by atoms with Crippen molar-refractivity contribution in [1.29, 1.82) is 0 Å². The first-order chi connectivity index (χ1) is 7.27. The molecule has 1 heterocycles. The van der Waals surface area contributed by atoms with Gasteiger partial charge in [0.1, 0.15) is 5.76 Å². The molecule has 0 aliphatic rings. The summed E-state index contributed by atoms with van der Waals surface area (Å²) in [6.45, 7) is 0. The van der Waals surface area contributed by atoms with E-state index in [0.717, 1.165) is 0 Å². The Bertz CT molecular complexity index is 433. The Hall–Kier alpha value is -1.87. The van der Waals surface area contributed by atoms with Crippen molar-refractivity contribution >= 4 is 6.29 Å². The molecule has 0 saturated heterocycles. The van der Waals surface area contributed by atoms with Gasteiger partial charge in [0.15, 0.2) is 6.29 Å². The van der Waals surface area contributed by atoms with Crippen LogP contribution >= 0.6 is 0 Å². The number of aliphatic hydroxyl groups is 1. The fourth-order valence-corrected chi connectivity index (χ4v) is 1.46. The van der Waals surface area contributed by atoms with Gasteiger partial charge in [-0.1, -0.05) is 30.3 Å². The minimum atomic E-state index is -1.69. The molecule has 0 saturated carbocycles. The molecule has 0 bridgehead atoms. The largest absolute Gasteiger partial charge is 0.465 e. The van der Waals surface area contributed by atoms with Gasteiger partial charge in [0.25, 0.3) is 0 Å². The molecular weight excluding hydrogens is 192 g/mol. The van der Waals surface area contributed by atoms with E-state index in [9.17, 15) is 9.90 Å². The summed E-state index contributed by atoms with van der Waals surface area (Å²) in [6, 6.07) is 11.9. The van der Waals surface area contributed by atoms with Crippen molar-refractivity contribution < 1.29 is 14.3 Å². The molecular formula is C12H10O3. The topological polar surface area (TPSA) is 50.4 Å². The van der Waals surface area contributed by atoms with E-state index in [1.54, 1.807) is 36.4 Å². The third-order valence-corrected chi connectivity index (χ3v) is 2.28. The minimum absolute atomic E-state index is 0.226. The molecule has 0 aliphatic carbocycles. The normalized spacial score (nSPS) is 14.5. The van der Waals surface area contributed by atoms with Crippen LogP contribution in [0, 0.1) is 0 Å². The van der Waals surface area contributed by atoms with Crippen LogP contribution in [-0.2, 0) is 10.4 Å². The molecule has 3 heteroatoms. The molecule has 2 aromatic rings. The second kappa shape index (κ2) is 3.71. The van der Waals surface area contributed by atoms with E-state index < -0.39 is 5.60 Å². The molecule has 1 aromatic carbocycles. The minimum Gasteiger partial charge on any atom is -0.465 e. The van der Waals surface area contributed by atoms with Crippen LogP contribution < -0.4 is 0 Å². The van der Waals surface area contributed by atoms with Crippen LogP contribution in [0.2, 0.25) is 0 Å². The van der Waals surface area contributed by atoms with Gasteiger partial charge in [0.05, 0.1) is 6.26 Å². The molecule has 0 radical (unpaired) electrons. The van der Waals surface area contributed by atoms with Crippen LogP contribution in [-0.4, -0.2) is 11.4 Å². The van der Waals surface area contributed by atoms with Gasteiger partial charge in [0.2, 0.25) is 5.60 Å². The lowest BCUT2D eigenvalue weighted by Crippen LogP contribution is -2.28. The maximum absolute atomic E-state index is 11.0. The molecule has 0 aliphatic heterocycles. The van der Waals surface area contributed by atoms with Crippen LogP contribution in [0.5, 0.6) is 0 Å². The number of hydrogen-bond donors (Lipinski definition) is 1. The third kappa shape index (κ3) is 1.57. The van der Waals surface area contributed by atoms with E-state index in [1.165, 1.54) is 6.26 Å². The van der Waals surface area contributed by atoms with Crippen LogP contribution in [0.3, 0.4) is 0 Å². The number of aldehydes is 1. The summed E-state index contributed by atoms with van der Waals surface area (Å²) in [6.07, 6.45) is 1.90. The Morgan fingerprint density at radius 3 is 2.40 bits per heavy atom. The van der Waals surface area contributed by atoms with Crippen molar-refractivity contribution in [3.63, 3.8) is 0 Å². The highest BCUT2D eigenvalue weighted by molar-refractivity contribution is 5.70. The lowest BCUT2D eigenvalue weighted by atomic mass is 9.93. The highest BCUT2D eigenvalue weighted by Gasteiger charge is 2.33. The Kier molecular flexibility index (Phi) is 2.39. The summed E-state index contributed by atoms with van der Waals surface area (Å²) in [5, 5.41) is 10.2. The molecule has 15 heavy (non-hydrogen) atoms. The van der Waals surface area contributed by atoms with Crippen molar-refractivity contribution in [2.24, 2.45) is 0 Å². The van der Waals surface area contributed by atoms with E-state index in [2.05, 4.69) is 0 Å². The van der Waals surface area contributed by atoms with E-state index in [-0.39, 0.29) is 5.76 Å². The molecule has 0 spiro atoms. The average Bonchev–Trinajstić information content (AvgIpc) is 2.83. The Balaban J connectivity index is 2.52. The second-order valence-corrected chi connectivity index (χ2v) is 3.23. The van der Waals surface area contributed by atoms with Crippen LogP contribution in [0.4, 0.5) is 0 Å². The molecule has 0 amide bonds. The molecule has 1 aromatic heterocycles. The number of hydrogen-bond acceptors (Lipinski definition) is 3. The molecule has 1 N–H and O–H groups in total. The molecule has 2 rings (SSSR count). The fraction of sp³-hybridized carbons (Fsp3) is 0.0833. The summed E-state index contributed by atoms with van der Waals surface area (Å²) in [4.78, 5) is 11.0. The van der Waals surface area contributed by atoms with Gasteiger partial charge in [-0.05, 0) is 17.7 Å². The van der Waals surface area contributed by atoms with Gasteiger partial charge in [-0.3, -0.25) is 4.79 Å². The highest BCUT2D eigenvalue weighted by atomic mass is 16.4. The van der Waals surface area contributed by atoms with Crippen LogP contribution in [0.1, 0.15) is 11.3 Å². The monoisotopic (exact) mass is 202 g/mol. The van der Waals surface area contributed by atoms with E-state index in [0.29, 0.717) is 11.8 Å². The Labute approximate surface area is 87.0 Å². The van der Waals surface area contributed by atoms with E-state index >= 15 is 0 Å². The Morgan fingerprint density at radius 2 is 1.87 bits per heavy atom. The quantitative estimate of drug-likeness (QED) is 0.771. The maximum Gasteiger partial charge on any atom is 0.203 e. The van der Waals surface area contributed by atoms with Gasteiger partial charge < -0.3 is 9.52 Å². The van der Waals surface area contributed by atoms with Gasteiger partial charge in [-0.15, -0.1) is 0 Å². The molecule has 1 atom stereocenters. The van der Waals surface area contributed by atoms with Gasteiger partial charge in [-0.2, -0.15) is 0 Å². The first-order valence-corrected chi connectivity index (χ1v) is 4.55. The lowest BCUT2D eigenvalue weighted by Gasteiger charge is -2.19. The van der Waals surface area contributed by atoms with Crippen molar-refractivity contribution in [3.05, 3.63) is 60.1 Å². The van der Waals surface area contributed by atoms with Gasteiger partial charge in [-0.25, -0.2) is 0 Å². The number of rotatable bonds is 3. The fourth-order valence-electron chi connectivity index (χ4n) is 1.46. The van der Waals surface area contributed by atoms with E-state index in [4.69, 9.17) is 4.42 Å². The van der Waals surface area contributed by atoms with Crippen molar-refractivity contribution in [3.8, 4) is 0 Å². The molecule has 0 fully saturated rings. The number of furan rings is 1. The zero-order chi connectivity index (χ0) is 10.7. The van der Waals surface area contributed by atoms with Crippen molar-refractivity contribution in [1.82, 2.24) is 0 Å². The summed E-state index contributed by atoms with van der Waals surface area (Å²) in [7, 11) is 0. The summed E-state index contributed by atoms with van der Waals surface area (Å²) in [5.74, 6) is 0.226. The van der Waals surface area contributed by atoms with E-state index in [1.807, 2.05) is 6.07 Å². The predicted octanol–water partition coefficient (Wildman–Crippen LogP) is 1.71. The first kappa shape index (κ1) is 9.68. The van der Waals surface area contributed by atoms with Crippen LogP contribution in [0.15, 0.2) is 53.1 Å². The SMILES string of the molecule is O=CC(O)(c1ccccc1)c1ccco1. The zero-order valence-corrected chi connectivity index (χ0v) is 7.96. The lowest BCUT2D eigenvalue weighted by molar-refractivity contribution is -0.122. The van der Waals surface area contributed by atoms with Crippen molar-refractivity contribution in [2.75, 3.05) is 0 Å². The predicted molar refractivity (Wildman–Crippen MR) is 54.2 cm³/mol. The zero-order valence-electron chi connectivity index (χ0n) is 7.96. The molecule has 1 unspecified atom stereocenters. The summed E-state index contributed by atoms with van der Waals surface area (Å²) < 4.78 is 5.06. The number of carbonyl (C=O) groups is 1. The first-order valence-electron chi connectivity index (χ1n) is 4.55. The molecule has 3 nitrogen and oxygen atoms in total. The second-order valence-electron chi connectivity index (χ2n) is 3.23. The highest BCUT2D eigenvalue weighted by Crippen LogP contribution is 2.27. The smallest absolute Gasteiger partial charge is 0.203 e. The average molecular weight is 202 g/mol.